The molecule has 0 radical (unpaired) electrons. The summed E-state index contributed by atoms with van der Waals surface area (Å²) in [5.41, 5.74) is 6.01. The van der Waals surface area contributed by atoms with Crippen LogP contribution in [-0.4, -0.2) is 22.0 Å². The Morgan fingerprint density at radius 2 is 1.56 bits per heavy atom. The van der Waals surface area contributed by atoms with Crippen molar-refractivity contribution in [1.29, 1.82) is 0 Å². The molecule has 174 valence electrons. The van der Waals surface area contributed by atoms with Gasteiger partial charge in [0.05, 0.1) is 12.1 Å². The SMILES string of the molecule is CCn1c2ccc(C(=O)c3ccccc3C)cc2c2cc(/C(C)=N/OC(=O)CC(C)C)ccc21. The molecule has 1 aromatic heterocycles. The van der Waals surface area contributed by atoms with Gasteiger partial charge < -0.3 is 9.40 Å². The first-order chi connectivity index (χ1) is 16.3. The molecule has 0 saturated carbocycles. The van der Waals surface area contributed by atoms with Gasteiger partial charge >= 0.3 is 5.97 Å². The summed E-state index contributed by atoms with van der Waals surface area (Å²) < 4.78 is 2.24. The molecular weight excluding hydrogens is 424 g/mol. The van der Waals surface area contributed by atoms with Crippen molar-refractivity contribution in [1.82, 2.24) is 4.57 Å². The summed E-state index contributed by atoms with van der Waals surface area (Å²) in [4.78, 5) is 30.3. The highest BCUT2D eigenvalue weighted by Crippen LogP contribution is 2.31. The molecule has 0 spiro atoms. The molecule has 4 aromatic rings. The van der Waals surface area contributed by atoms with Gasteiger partial charge in [0.2, 0.25) is 0 Å². The van der Waals surface area contributed by atoms with Crippen molar-refractivity contribution in [2.75, 3.05) is 0 Å². The first-order valence-electron chi connectivity index (χ1n) is 11.7. The van der Waals surface area contributed by atoms with E-state index in [0.29, 0.717) is 23.3 Å². The first-order valence-corrected chi connectivity index (χ1v) is 11.7. The molecular formula is C29H30N2O3. The molecule has 0 aliphatic rings. The van der Waals surface area contributed by atoms with Crippen molar-refractivity contribution in [3.8, 4) is 0 Å². The van der Waals surface area contributed by atoms with E-state index in [0.717, 1.165) is 39.5 Å². The topological polar surface area (TPSA) is 60.7 Å². The summed E-state index contributed by atoms with van der Waals surface area (Å²) >= 11 is 0. The second-order valence-corrected chi connectivity index (χ2v) is 9.09. The lowest BCUT2D eigenvalue weighted by Gasteiger charge is -2.06. The quantitative estimate of drug-likeness (QED) is 0.136. The van der Waals surface area contributed by atoms with Gasteiger partial charge in [-0.3, -0.25) is 4.79 Å². The second kappa shape index (κ2) is 9.64. The number of oxime groups is 1. The molecule has 34 heavy (non-hydrogen) atoms. The summed E-state index contributed by atoms with van der Waals surface area (Å²) in [6, 6.07) is 19.7. The zero-order valence-corrected chi connectivity index (χ0v) is 20.4. The number of benzene rings is 3. The monoisotopic (exact) mass is 454 g/mol. The van der Waals surface area contributed by atoms with Gasteiger partial charge in [0, 0.05) is 39.5 Å². The Morgan fingerprint density at radius 3 is 2.18 bits per heavy atom. The maximum atomic E-state index is 13.2. The minimum atomic E-state index is -0.336. The molecule has 1 heterocycles. The van der Waals surface area contributed by atoms with Gasteiger partial charge in [-0.1, -0.05) is 49.3 Å². The van der Waals surface area contributed by atoms with Crippen molar-refractivity contribution in [3.63, 3.8) is 0 Å². The Bertz CT molecular complexity index is 1430. The van der Waals surface area contributed by atoms with Crippen LogP contribution in [0, 0.1) is 12.8 Å². The molecule has 0 aliphatic carbocycles. The number of hydrogen-bond donors (Lipinski definition) is 0. The fourth-order valence-corrected chi connectivity index (χ4v) is 4.34. The average Bonchev–Trinajstić information content (AvgIpc) is 3.14. The summed E-state index contributed by atoms with van der Waals surface area (Å²) in [7, 11) is 0. The molecule has 5 nitrogen and oxygen atoms in total. The van der Waals surface area contributed by atoms with Crippen LogP contribution < -0.4 is 0 Å². The van der Waals surface area contributed by atoms with Gasteiger partial charge in [-0.15, -0.1) is 0 Å². The third kappa shape index (κ3) is 4.51. The fourth-order valence-electron chi connectivity index (χ4n) is 4.34. The lowest BCUT2D eigenvalue weighted by atomic mass is 9.97. The summed E-state index contributed by atoms with van der Waals surface area (Å²) in [5.74, 6) is -0.100. The lowest BCUT2D eigenvalue weighted by Crippen LogP contribution is -2.06. The van der Waals surface area contributed by atoms with Crippen LogP contribution in [0.2, 0.25) is 0 Å². The number of carbonyl (C=O) groups is 2. The third-order valence-corrected chi connectivity index (χ3v) is 6.11. The van der Waals surface area contributed by atoms with Gasteiger partial charge in [-0.25, -0.2) is 4.79 Å². The average molecular weight is 455 g/mol. The van der Waals surface area contributed by atoms with E-state index in [2.05, 4.69) is 28.8 Å². The summed E-state index contributed by atoms with van der Waals surface area (Å²) in [6.07, 6.45) is 0.331. The van der Waals surface area contributed by atoms with E-state index in [4.69, 9.17) is 4.84 Å². The predicted octanol–water partition coefficient (Wildman–Crippen LogP) is 6.67. The third-order valence-electron chi connectivity index (χ3n) is 6.11. The van der Waals surface area contributed by atoms with Crippen molar-refractivity contribution < 1.29 is 14.4 Å². The van der Waals surface area contributed by atoms with Crippen LogP contribution in [-0.2, 0) is 16.2 Å². The molecule has 0 fully saturated rings. The van der Waals surface area contributed by atoms with E-state index in [1.807, 2.05) is 76.2 Å². The van der Waals surface area contributed by atoms with Gasteiger partial charge in [0.15, 0.2) is 5.78 Å². The zero-order chi connectivity index (χ0) is 24.4. The molecule has 0 bridgehead atoms. The first kappa shape index (κ1) is 23.4. The van der Waals surface area contributed by atoms with Crippen LogP contribution in [0.25, 0.3) is 21.8 Å². The van der Waals surface area contributed by atoms with Crippen molar-refractivity contribution in [3.05, 3.63) is 82.9 Å². The van der Waals surface area contributed by atoms with Crippen molar-refractivity contribution in [2.45, 2.75) is 47.6 Å². The van der Waals surface area contributed by atoms with E-state index < -0.39 is 0 Å². The maximum Gasteiger partial charge on any atom is 0.335 e. The Kier molecular flexibility index (Phi) is 6.64. The highest BCUT2D eigenvalue weighted by atomic mass is 16.7. The molecule has 3 aromatic carbocycles. The van der Waals surface area contributed by atoms with E-state index in [1.54, 1.807) is 0 Å². The number of fused-ring (bicyclic) bond motifs is 3. The highest BCUT2D eigenvalue weighted by molar-refractivity contribution is 6.16. The molecule has 0 aliphatic heterocycles. The van der Waals surface area contributed by atoms with Gasteiger partial charge in [0.25, 0.3) is 0 Å². The van der Waals surface area contributed by atoms with E-state index in [9.17, 15) is 9.59 Å². The van der Waals surface area contributed by atoms with Gasteiger partial charge in [-0.2, -0.15) is 0 Å². The Hall–Kier alpha value is -3.73. The Morgan fingerprint density at radius 1 is 0.941 bits per heavy atom. The lowest BCUT2D eigenvalue weighted by molar-refractivity contribution is -0.144. The number of carbonyl (C=O) groups excluding carboxylic acids is 2. The highest BCUT2D eigenvalue weighted by Gasteiger charge is 2.16. The molecule has 4 rings (SSSR count). The maximum absolute atomic E-state index is 13.2. The summed E-state index contributed by atoms with van der Waals surface area (Å²) in [6.45, 7) is 10.6. The molecule has 0 saturated heterocycles. The van der Waals surface area contributed by atoms with Crippen LogP contribution in [0.5, 0.6) is 0 Å². The van der Waals surface area contributed by atoms with E-state index in [-0.39, 0.29) is 17.7 Å². The fraction of sp³-hybridized carbons (Fsp3) is 0.276. The van der Waals surface area contributed by atoms with E-state index in [1.165, 1.54) is 0 Å². The normalized spacial score (nSPS) is 12.0. The van der Waals surface area contributed by atoms with Crippen molar-refractivity contribution >= 4 is 39.3 Å². The van der Waals surface area contributed by atoms with Crippen LogP contribution in [0.3, 0.4) is 0 Å². The van der Waals surface area contributed by atoms with Crippen LogP contribution in [0.4, 0.5) is 0 Å². The second-order valence-electron chi connectivity index (χ2n) is 9.09. The number of aromatic nitrogens is 1. The van der Waals surface area contributed by atoms with Crippen molar-refractivity contribution in [2.24, 2.45) is 11.1 Å². The predicted molar refractivity (Wildman–Crippen MR) is 137 cm³/mol. The number of nitrogens with zero attached hydrogens (tertiary/aromatic N) is 2. The number of hydrogen-bond acceptors (Lipinski definition) is 4. The molecule has 5 heteroatoms. The Labute approximate surface area is 200 Å². The largest absolute Gasteiger partial charge is 0.341 e. The minimum absolute atomic E-state index is 0.0170. The van der Waals surface area contributed by atoms with E-state index >= 15 is 0 Å². The number of aryl methyl sites for hydroxylation is 2. The molecule has 0 unspecified atom stereocenters. The molecule has 0 N–H and O–H groups in total. The Balaban J connectivity index is 1.78. The van der Waals surface area contributed by atoms with Crippen LogP contribution >= 0.6 is 0 Å². The van der Waals surface area contributed by atoms with Crippen LogP contribution in [0.15, 0.2) is 65.8 Å². The summed E-state index contributed by atoms with van der Waals surface area (Å²) in [5, 5.41) is 6.12. The minimum Gasteiger partial charge on any atom is -0.341 e. The van der Waals surface area contributed by atoms with Gasteiger partial charge in [-0.05, 0) is 68.1 Å². The van der Waals surface area contributed by atoms with Gasteiger partial charge in [0.1, 0.15) is 0 Å². The zero-order valence-electron chi connectivity index (χ0n) is 20.4. The molecule has 0 atom stereocenters. The standard InChI is InChI=1S/C29H30N2O3/c1-6-31-26-13-11-21(20(5)30-34-28(32)15-18(2)3)16-24(26)25-17-22(12-14-27(25)31)29(33)23-10-8-7-9-19(23)4/h7-14,16-18H,6,15H2,1-5H3/b30-20+. The smallest absolute Gasteiger partial charge is 0.335 e. The van der Waals surface area contributed by atoms with Crippen LogP contribution in [0.1, 0.15) is 61.2 Å². The number of rotatable bonds is 7. The number of ketones is 1. The molecule has 0 amide bonds.